The number of thioether (sulfide) groups is 1. The molecule has 3 N–H and O–H groups in total. The summed E-state index contributed by atoms with van der Waals surface area (Å²) in [7, 11) is 3.15. The van der Waals surface area contributed by atoms with E-state index >= 15 is 0 Å². The van der Waals surface area contributed by atoms with Crippen LogP contribution in [0.25, 0.3) is 0 Å². The van der Waals surface area contributed by atoms with Crippen molar-refractivity contribution in [2.45, 2.75) is 18.1 Å². The van der Waals surface area contributed by atoms with Crippen LogP contribution in [-0.2, 0) is 4.79 Å². The number of rotatable bonds is 7. The number of carbonyl (C=O) groups is 1. The standard InChI is InChI=1S/C17H19N5O3S/c1-10(13-6-12(24-2)4-5-14(13)25-3)21-15(23)9-26-17-20-8-11(7-18)16(19)22-17/h4-6,8,10H,9H2,1-3H3,(H,21,23)(H2,19,20,22). The number of ether oxygens (including phenoxy) is 2. The van der Waals surface area contributed by atoms with Crippen LogP contribution in [0, 0.1) is 11.3 Å². The molecule has 0 fully saturated rings. The number of nitrogen functional groups attached to an aromatic ring is 1. The van der Waals surface area contributed by atoms with Crippen LogP contribution in [-0.4, -0.2) is 35.8 Å². The molecule has 26 heavy (non-hydrogen) atoms. The SMILES string of the molecule is COc1ccc(OC)c(C(C)NC(=O)CSc2ncc(C#N)c(N)n2)c1. The molecule has 2 aromatic rings. The molecule has 1 aromatic carbocycles. The molecule has 1 unspecified atom stereocenters. The van der Waals surface area contributed by atoms with E-state index in [9.17, 15) is 4.79 Å². The smallest absolute Gasteiger partial charge is 0.230 e. The van der Waals surface area contributed by atoms with E-state index < -0.39 is 0 Å². The first-order valence-electron chi connectivity index (χ1n) is 7.65. The first-order chi connectivity index (χ1) is 12.5. The van der Waals surface area contributed by atoms with E-state index in [1.165, 1.54) is 6.20 Å². The summed E-state index contributed by atoms with van der Waals surface area (Å²) >= 11 is 1.14. The monoisotopic (exact) mass is 373 g/mol. The van der Waals surface area contributed by atoms with Gasteiger partial charge in [0.25, 0.3) is 0 Å². The van der Waals surface area contributed by atoms with Crippen molar-refractivity contribution in [1.82, 2.24) is 15.3 Å². The Morgan fingerprint density at radius 3 is 2.81 bits per heavy atom. The zero-order chi connectivity index (χ0) is 19.1. The maximum Gasteiger partial charge on any atom is 0.230 e. The van der Waals surface area contributed by atoms with Gasteiger partial charge in [-0.3, -0.25) is 4.79 Å². The molecular weight excluding hydrogens is 354 g/mol. The first kappa shape index (κ1) is 19.3. The molecule has 0 bridgehead atoms. The van der Waals surface area contributed by atoms with Crippen LogP contribution in [0.4, 0.5) is 5.82 Å². The summed E-state index contributed by atoms with van der Waals surface area (Å²) in [6, 6.07) is 7.02. The molecule has 2 rings (SSSR count). The van der Waals surface area contributed by atoms with Crippen molar-refractivity contribution in [2.24, 2.45) is 0 Å². The summed E-state index contributed by atoms with van der Waals surface area (Å²) in [5.74, 6) is 1.35. The van der Waals surface area contributed by atoms with Crippen LogP contribution in [0.3, 0.4) is 0 Å². The molecule has 1 heterocycles. The summed E-state index contributed by atoms with van der Waals surface area (Å²) in [6.07, 6.45) is 1.34. The highest BCUT2D eigenvalue weighted by molar-refractivity contribution is 7.99. The Morgan fingerprint density at radius 1 is 1.42 bits per heavy atom. The normalized spacial score (nSPS) is 11.3. The van der Waals surface area contributed by atoms with Crippen molar-refractivity contribution >= 4 is 23.5 Å². The zero-order valence-corrected chi connectivity index (χ0v) is 15.5. The van der Waals surface area contributed by atoms with Gasteiger partial charge >= 0.3 is 0 Å². The molecule has 1 amide bonds. The third-order valence-electron chi connectivity index (χ3n) is 3.53. The third-order valence-corrected chi connectivity index (χ3v) is 4.39. The molecule has 1 aromatic heterocycles. The summed E-state index contributed by atoms with van der Waals surface area (Å²) in [5, 5.41) is 12.0. The molecule has 0 aliphatic carbocycles. The topological polar surface area (TPSA) is 123 Å². The number of carbonyl (C=O) groups excluding carboxylic acids is 1. The Balaban J connectivity index is 1.99. The quantitative estimate of drug-likeness (QED) is 0.557. The molecular formula is C17H19N5O3S. The van der Waals surface area contributed by atoms with Crippen LogP contribution in [0.2, 0.25) is 0 Å². The van der Waals surface area contributed by atoms with E-state index in [-0.39, 0.29) is 29.1 Å². The molecule has 0 saturated heterocycles. The van der Waals surface area contributed by atoms with E-state index in [0.29, 0.717) is 16.7 Å². The lowest BCUT2D eigenvalue weighted by Crippen LogP contribution is -2.28. The summed E-state index contributed by atoms with van der Waals surface area (Å²) in [6.45, 7) is 1.86. The Hall–Kier alpha value is -2.99. The fourth-order valence-corrected chi connectivity index (χ4v) is 2.84. The van der Waals surface area contributed by atoms with Gasteiger partial charge in [0.05, 0.1) is 32.2 Å². The first-order valence-corrected chi connectivity index (χ1v) is 8.63. The van der Waals surface area contributed by atoms with Gasteiger partial charge in [-0.15, -0.1) is 0 Å². The lowest BCUT2D eigenvalue weighted by Gasteiger charge is -2.18. The number of nitriles is 1. The van der Waals surface area contributed by atoms with Gasteiger partial charge in [-0.25, -0.2) is 9.97 Å². The average Bonchev–Trinajstić information content (AvgIpc) is 2.65. The number of nitrogens with two attached hydrogens (primary N) is 1. The van der Waals surface area contributed by atoms with Gasteiger partial charge in [0.2, 0.25) is 5.91 Å². The number of hydrogen-bond donors (Lipinski definition) is 2. The molecule has 0 radical (unpaired) electrons. The predicted octanol–water partition coefficient (Wildman–Crippen LogP) is 1.92. The highest BCUT2D eigenvalue weighted by Gasteiger charge is 2.16. The van der Waals surface area contributed by atoms with Gasteiger partial charge < -0.3 is 20.5 Å². The van der Waals surface area contributed by atoms with Crippen LogP contribution in [0.1, 0.15) is 24.1 Å². The number of nitrogens with zero attached hydrogens (tertiary/aromatic N) is 3. The fraction of sp³-hybridized carbons (Fsp3) is 0.294. The van der Waals surface area contributed by atoms with Crippen molar-refractivity contribution in [1.29, 1.82) is 5.26 Å². The van der Waals surface area contributed by atoms with Gasteiger partial charge in [-0.2, -0.15) is 5.26 Å². The largest absolute Gasteiger partial charge is 0.497 e. The minimum Gasteiger partial charge on any atom is -0.497 e. The molecule has 8 nitrogen and oxygen atoms in total. The minimum atomic E-state index is -0.278. The number of amides is 1. The highest BCUT2D eigenvalue weighted by Crippen LogP contribution is 2.29. The molecule has 1 atom stereocenters. The molecule has 0 aliphatic heterocycles. The van der Waals surface area contributed by atoms with Gasteiger partial charge in [-0.05, 0) is 25.1 Å². The van der Waals surface area contributed by atoms with Crippen molar-refractivity contribution in [3.8, 4) is 17.6 Å². The van der Waals surface area contributed by atoms with Crippen LogP contribution in [0.5, 0.6) is 11.5 Å². The molecule has 0 spiro atoms. The van der Waals surface area contributed by atoms with Gasteiger partial charge in [0, 0.05) is 5.56 Å². The third kappa shape index (κ3) is 4.77. The second-order valence-corrected chi connectivity index (χ2v) is 6.19. The predicted molar refractivity (Wildman–Crippen MR) is 98.0 cm³/mol. The van der Waals surface area contributed by atoms with E-state index in [4.69, 9.17) is 20.5 Å². The number of methoxy groups -OCH3 is 2. The Labute approximate surface area is 155 Å². The zero-order valence-electron chi connectivity index (χ0n) is 14.6. The van der Waals surface area contributed by atoms with E-state index in [1.807, 2.05) is 19.1 Å². The van der Waals surface area contributed by atoms with Crippen LogP contribution < -0.4 is 20.5 Å². The summed E-state index contributed by atoms with van der Waals surface area (Å²) in [4.78, 5) is 20.2. The molecule has 9 heteroatoms. The molecule has 0 aliphatic rings. The average molecular weight is 373 g/mol. The number of nitrogens with one attached hydrogen (secondary N) is 1. The number of anilines is 1. The van der Waals surface area contributed by atoms with Gasteiger partial charge in [0.15, 0.2) is 5.16 Å². The van der Waals surface area contributed by atoms with Crippen molar-refractivity contribution in [2.75, 3.05) is 25.7 Å². The Kier molecular flexibility index (Phi) is 6.63. The van der Waals surface area contributed by atoms with Crippen molar-refractivity contribution in [3.63, 3.8) is 0 Å². The Morgan fingerprint density at radius 2 is 2.19 bits per heavy atom. The maximum absolute atomic E-state index is 12.2. The van der Waals surface area contributed by atoms with Gasteiger partial charge in [-0.1, -0.05) is 11.8 Å². The van der Waals surface area contributed by atoms with Crippen LogP contribution in [0.15, 0.2) is 29.6 Å². The van der Waals surface area contributed by atoms with Crippen molar-refractivity contribution in [3.05, 3.63) is 35.5 Å². The molecule has 0 saturated carbocycles. The second-order valence-electron chi connectivity index (χ2n) is 5.25. The fourth-order valence-electron chi connectivity index (χ4n) is 2.20. The van der Waals surface area contributed by atoms with E-state index in [1.54, 1.807) is 26.4 Å². The number of aromatic nitrogens is 2. The summed E-state index contributed by atoms with van der Waals surface area (Å²) in [5.41, 5.74) is 6.66. The number of hydrogen-bond acceptors (Lipinski definition) is 8. The maximum atomic E-state index is 12.2. The minimum absolute atomic E-state index is 0.0971. The van der Waals surface area contributed by atoms with E-state index in [0.717, 1.165) is 17.3 Å². The van der Waals surface area contributed by atoms with E-state index in [2.05, 4.69) is 15.3 Å². The lowest BCUT2D eigenvalue weighted by atomic mass is 10.1. The van der Waals surface area contributed by atoms with Crippen molar-refractivity contribution < 1.29 is 14.3 Å². The number of benzene rings is 1. The summed E-state index contributed by atoms with van der Waals surface area (Å²) < 4.78 is 10.6. The van der Waals surface area contributed by atoms with Gasteiger partial charge in [0.1, 0.15) is 28.9 Å². The second kappa shape index (κ2) is 8.92. The highest BCUT2D eigenvalue weighted by atomic mass is 32.2. The Bertz CT molecular complexity index is 838. The molecule has 136 valence electrons. The van der Waals surface area contributed by atoms with Crippen LogP contribution >= 0.6 is 11.8 Å². The lowest BCUT2D eigenvalue weighted by molar-refractivity contribution is -0.119.